The minimum absolute atomic E-state index is 0.0867. The first-order valence-electron chi connectivity index (χ1n) is 8.17. The highest BCUT2D eigenvalue weighted by atomic mass is 19.4. The van der Waals surface area contributed by atoms with Crippen LogP contribution in [0.15, 0.2) is 18.2 Å². The third kappa shape index (κ3) is 3.68. The monoisotopic (exact) mass is 326 g/mol. The van der Waals surface area contributed by atoms with Gasteiger partial charge >= 0.3 is 6.18 Å². The van der Waals surface area contributed by atoms with Crippen molar-refractivity contribution in [3.8, 4) is 0 Å². The van der Waals surface area contributed by atoms with Crippen LogP contribution in [0.3, 0.4) is 0 Å². The van der Waals surface area contributed by atoms with Crippen LogP contribution in [0.1, 0.15) is 53.1 Å². The molecule has 2 fully saturated rings. The molecule has 0 aromatic heterocycles. The van der Waals surface area contributed by atoms with Gasteiger partial charge in [-0.2, -0.15) is 13.2 Å². The minimum Gasteiger partial charge on any atom is -0.339 e. The number of carbonyl (C=O) groups is 1. The molecule has 2 heterocycles. The number of halogens is 3. The predicted octanol–water partition coefficient (Wildman–Crippen LogP) is 3.41. The fourth-order valence-corrected chi connectivity index (χ4v) is 3.43. The molecule has 6 heteroatoms. The molecule has 1 N–H and O–H groups in total. The SMILES string of the molecule is O=C(c1cc(C2CCNCC2)cc(C(F)(F)F)c1)N1CCCC1. The zero-order valence-electron chi connectivity index (χ0n) is 13.0. The van der Waals surface area contributed by atoms with Gasteiger partial charge in [0.15, 0.2) is 0 Å². The largest absolute Gasteiger partial charge is 0.416 e. The number of hydrogen-bond donors (Lipinski definition) is 1. The normalized spacial score (nSPS) is 20.0. The maximum atomic E-state index is 13.2. The van der Waals surface area contributed by atoms with Crippen LogP contribution >= 0.6 is 0 Å². The Labute approximate surface area is 133 Å². The summed E-state index contributed by atoms with van der Waals surface area (Å²) in [6, 6.07) is 3.90. The maximum Gasteiger partial charge on any atom is 0.416 e. The highest BCUT2D eigenvalue weighted by Gasteiger charge is 2.33. The van der Waals surface area contributed by atoms with Crippen molar-refractivity contribution in [3.05, 3.63) is 34.9 Å². The standard InChI is InChI=1S/C17H21F3N2O/c18-17(19,20)15-10-13(12-3-5-21-6-4-12)9-14(11-15)16(23)22-7-1-2-8-22/h9-12,21H,1-8H2. The van der Waals surface area contributed by atoms with Gasteiger partial charge in [-0.05, 0) is 68.5 Å². The van der Waals surface area contributed by atoms with Gasteiger partial charge in [0.05, 0.1) is 5.56 Å². The summed E-state index contributed by atoms with van der Waals surface area (Å²) in [5, 5.41) is 3.21. The summed E-state index contributed by atoms with van der Waals surface area (Å²) in [5.74, 6) is -0.188. The van der Waals surface area contributed by atoms with Crippen LogP contribution < -0.4 is 5.32 Å². The Hall–Kier alpha value is -1.56. The summed E-state index contributed by atoms with van der Waals surface area (Å²) in [4.78, 5) is 14.2. The van der Waals surface area contributed by atoms with E-state index < -0.39 is 11.7 Å². The lowest BCUT2D eigenvalue weighted by Gasteiger charge is -2.25. The molecular formula is C17H21F3N2O. The van der Waals surface area contributed by atoms with Gasteiger partial charge in [-0.3, -0.25) is 4.79 Å². The number of amides is 1. The quantitative estimate of drug-likeness (QED) is 0.903. The number of hydrogen-bond acceptors (Lipinski definition) is 2. The van der Waals surface area contributed by atoms with Crippen LogP contribution in [0.2, 0.25) is 0 Å². The average molecular weight is 326 g/mol. The van der Waals surface area contributed by atoms with E-state index in [-0.39, 0.29) is 17.4 Å². The number of benzene rings is 1. The average Bonchev–Trinajstić information content (AvgIpc) is 3.08. The molecule has 1 aromatic rings. The van der Waals surface area contributed by atoms with E-state index in [4.69, 9.17) is 0 Å². The number of alkyl halides is 3. The predicted molar refractivity (Wildman–Crippen MR) is 81.4 cm³/mol. The number of nitrogens with one attached hydrogen (secondary N) is 1. The molecule has 2 saturated heterocycles. The molecule has 0 radical (unpaired) electrons. The third-order valence-corrected chi connectivity index (χ3v) is 4.73. The smallest absolute Gasteiger partial charge is 0.339 e. The lowest BCUT2D eigenvalue weighted by Crippen LogP contribution is -2.29. The van der Waals surface area contributed by atoms with Gasteiger partial charge in [-0.15, -0.1) is 0 Å². The molecule has 1 amide bonds. The fraction of sp³-hybridized carbons (Fsp3) is 0.588. The first kappa shape index (κ1) is 16.3. The lowest BCUT2D eigenvalue weighted by molar-refractivity contribution is -0.137. The van der Waals surface area contributed by atoms with Crippen LogP contribution in [-0.4, -0.2) is 37.0 Å². The van der Waals surface area contributed by atoms with Crippen molar-refractivity contribution in [2.24, 2.45) is 0 Å². The molecule has 1 aromatic carbocycles. The number of piperidine rings is 1. The van der Waals surface area contributed by atoms with Crippen molar-refractivity contribution in [1.82, 2.24) is 10.2 Å². The van der Waals surface area contributed by atoms with Crippen molar-refractivity contribution >= 4 is 5.91 Å². The highest BCUT2D eigenvalue weighted by molar-refractivity contribution is 5.94. The molecule has 0 spiro atoms. The molecule has 0 bridgehead atoms. The van der Waals surface area contributed by atoms with Crippen LogP contribution in [0, 0.1) is 0 Å². The molecule has 2 aliphatic heterocycles. The Kier molecular flexibility index (Phi) is 4.62. The minimum atomic E-state index is -4.43. The van der Waals surface area contributed by atoms with E-state index >= 15 is 0 Å². The maximum absolute atomic E-state index is 13.2. The number of nitrogens with zero attached hydrogens (tertiary/aromatic N) is 1. The molecule has 2 aliphatic rings. The molecule has 0 aliphatic carbocycles. The topological polar surface area (TPSA) is 32.3 Å². The first-order chi connectivity index (χ1) is 10.9. The van der Waals surface area contributed by atoms with Crippen molar-refractivity contribution < 1.29 is 18.0 Å². The van der Waals surface area contributed by atoms with Gasteiger partial charge in [0.2, 0.25) is 0 Å². The summed E-state index contributed by atoms with van der Waals surface area (Å²) in [5.41, 5.74) is 0.107. The number of rotatable bonds is 2. The molecule has 3 nitrogen and oxygen atoms in total. The van der Waals surface area contributed by atoms with E-state index in [1.54, 1.807) is 11.0 Å². The number of carbonyl (C=O) groups excluding carboxylic acids is 1. The number of likely N-dealkylation sites (tertiary alicyclic amines) is 1. The Morgan fingerprint density at radius 3 is 2.35 bits per heavy atom. The molecule has 0 atom stereocenters. The highest BCUT2D eigenvalue weighted by Crippen LogP contribution is 2.35. The van der Waals surface area contributed by atoms with E-state index in [2.05, 4.69) is 5.32 Å². The van der Waals surface area contributed by atoms with Crippen molar-refractivity contribution in [2.75, 3.05) is 26.2 Å². The fourth-order valence-electron chi connectivity index (χ4n) is 3.43. The summed E-state index contributed by atoms with van der Waals surface area (Å²) < 4.78 is 39.7. The molecule has 126 valence electrons. The Balaban J connectivity index is 1.95. The zero-order valence-corrected chi connectivity index (χ0v) is 13.0. The van der Waals surface area contributed by atoms with Gasteiger partial charge in [0, 0.05) is 18.7 Å². The third-order valence-electron chi connectivity index (χ3n) is 4.73. The van der Waals surface area contributed by atoms with E-state index in [9.17, 15) is 18.0 Å². The Bertz CT molecular complexity index is 574. The first-order valence-corrected chi connectivity index (χ1v) is 8.17. The second-order valence-corrected chi connectivity index (χ2v) is 6.37. The van der Waals surface area contributed by atoms with Gasteiger partial charge < -0.3 is 10.2 Å². The van der Waals surface area contributed by atoms with E-state index in [0.29, 0.717) is 18.7 Å². The van der Waals surface area contributed by atoms with Crippen LogP contribution in [0.25, 0.3) is 0 Å². The van der Waals surface area contributed by atoms with Gasteiger partial charge in [-0.25, -0.2) is 0 Å². The van der Waals surface area contributed by atoms with Crippen LogP contribution in [0.5, 0.6) is 0 Å². The summed E-state index contributed by atoms with van der Waals surface area (Å²) in [6.45, 7) is 2.88. The second-order valence-electron chi connectivity index (χ2n) is 6.37. The van der Waals surface area contributed by atoms with Crippen molar-refractivity contribution in [3.63, 3.8) is 0 Å². The van der Waals surface area contributed by atoms with Crippen LogP contribution in [-0.2, 0) is 6.18 Å². The van der Waals surface area contributed by atoms with Crippen LogP contribution in [0.4, 0.5) is 13.2 Å². The Morgan fingerprint density at radius 2 is 1.74 bits per heavy atom. The molecule has 0 unspecified atom stereocenters. The van der Waals surface area contributed by atoms with E-state index in [1.807, 2.05) is 0 Å². The second kappa shape index (κ2) is 6.51. The van der Waals surface area contributed by atoms with Crippen molar-refractivity contribution in [2.45, 2.75) is 37.8 Å². The van der Waals surface area contributed by atoms with Gasteiger partial charge in [-0.1, -0.05) is 0 Å². The molecule has 3 rings (SSSR count). The Morgan fingerprint density at radius 1 is 1.09 bits per heavy atom. The van der Waals surface area contributed by atoms with Crippen molar-refractivity contribution in [1.29, 1.82) is 0 Å². The summed E-state index contributed by atoms with van der Waals surface area (Å²) in [7, 11) is 0. The lowest BCUT2D eigenvalue weighted by atomic mass is 9.88. The molecule has 0 saturated carbocycles. The zero-order chi connectivity index (χ0) is 16.4. The van der Waals surface area contributed by atoms with Gasteiger partial charge in [0.1, 0.15) is 0 Å². The summed E-state index contributed by atoms with van der Waals surface area (Å²) in [6.07, 6.45) is -0.974. The summed E-state index contributed by atoms with van der Waals surface area (Å²) >= 11 is 0. The molecule has 23 heavy (non-hydrogen) atoms. The van der Waals surface area contributed by atoms with E-state index in [0.717, 1.165) is 44.8 Å². The van der Waals surface area contributed by atoms with Gasteiger partial charge in [0.25, 0.3) is 5.91 Å². The van der Waals surface area contributed by atoms with E-state index in [1.165, 1.54) is 6.07 Å². The molecular weight excluding hydrogens is 305 g/mol.